The van der Waals surface area contributed by atoms with Crippen LogP contribution < -0.4 is 5.32 Å². The molecule has 3 rings (SSSR count). The number of likely N-dealkylation sites (tertiary alicyclic amines) is 2. The zero-order valence-corrected chi connectivity index (χ0v) is 17.5. The molecule has 2 fully saturated rings. The van der Waals surface area contributed by atoms with E-state index in [1.54, 1.807) is 18.2 Å². The lowest BCUT2D eigenvalue weighted by Crippen LogP contribution is -2.49. The summed E-state index contributed by atoms with van der Waals surface area (Å²) in [7, 11) is 0. The molecule has 2 saturated heterocycles. The van der Waals surface area contributed by atoms with E-state index in [0.29, 0.717) is 21.8 Å². The first-order chi connectivity index (χ1) is 12.6. The number of hydrogen-bond acceptors (Lipinski definition) is 3. The summed E-state index contributed by atoms with van der Waals surface area (Å²) in [5.74, 6) is 2.44. The highest BCUT2D eigenvalue weighted by molar-refractivity contribution is 7.99. The number of piperidine rings is 1. The number of nitrogens with zero attached hydrogens (tertiary/aromatic N) is 2. The molecule has 26 heavy (non-hydrogen) atoms. The largest absolute Gasteiger partial charge is 0.324 e. The number of thioether (sulfide) groups is 1. The number of amides is 2. The number of nitrogens with one attached hydrogen (secondary N) is 1. The number of halogens is 2. The Balaban J connectivity index is 1.49. The normalized spacial score (nSPS) is 22.0. The molecule has 1 aromatic carbocycles. The van der Waals surface area contributed by atoms with Gasteiger partial charge in [0.05, 0.1) is 10.0 Å². The fourth-order valence-electron chi connectivity index (χ4n) is 3.95. The van der Waals surface area contributed by atoms with Crippen molar-refractivity contribution in [2.24, 2.45) is 0 Å². The monoisotopic (exact) mass is 415 g/mol. The Morgan fingerprint density at radius 3 is 2.65 bits per heavy atom. The van der Waals surface area contributed by atoms with Gasteiger partial charge in [0.1, 0.15) is 0 Å². The van der Waals surface area contributed by atoms with Gasteiger partial charge in [-0.1, -0.05) is 30.1 Å². The van der Waals surface area contributed by atoms with Crippen molar-refractivity contribution in [2.75, 3.05) is 36.5 Å². The highest BCUT2D eigenvalue weighted by atomic mass is 35.5. The molecule has 4 nitrogen and oxygen atoms in total. The SMILES string of the molecule is CCSC[C@H]1CCCN1C1CCN(C(=O)Nc2ccc(Cl)c(Cl)c2)CC1. The number of benzene rings is 1. The number of hydrogen-bond donors (Lipinski definition) is 1. The van der Waals surface area contributed by atoms with E-state index in [9.17, 15) is 4.79 Å². The van der Waals surface area contributed by atoms with E-state index in [1.807, 2.05) is 16.7 Å². The molecule has 0 aromatic heterocycles. The third-order valence-corrected chi connectivity index (χ3v) is 7.10. The van der Waals surface area contributed by atoms with Crippen LogP contribution in [0, 0.1) is 0 Å². The molecule has 1 N–H and O–H groups in total. The van der Waals surface area contributed by atoms with Gasteiger partial charge in [-0.3, -0.25) is 4.90 Å². The van der Waals surface area contributed by atoms with Crippen LogP contribution in [0.15, 0.2) is 18.2 Å². The predicted molar refractivity (Wildman–Crippen MR) is 113 cm³/mol. The van der Waals surface area contributed by atoms with Crippen molar-refractivity contribution in [3.8, 4) is 0 Å². The number of rotatable bonds is 5. The van der Waals surface area contributed by atoms with E-state index in [4.69, 9.17) is 23.2 Å². The van der Waals surface area contributed by atoms with Gasteiger partial charge in [0.25, 0.3) is 0 Å². The predicted octanol–water partition coefficient (Wildman–Crippen LogP) is 5.21. The zero-order valence-electron chi connectivity index (χ0n) is 15.2. The van der Waals surface area contributed by atoms with Gasteiger partial charge in [0, 0.05) is 36.6 Å². The van der Waals surface area contributed by atoms with Crippen LogP contribution >= 0.6 is 35.0 Å². The van der Waals surface area contributed by atoms with E-state index < -0.39 is 0 Å². The maximum absolute atomic E-state index is 12.5. The van der Waals surface area contributed by atoms with Crippen LogP contribution in [0.1, 0.15) is 32.6 Å². The minimum absolute atomic E-state index is 0.0543. The van der Waals surface area contributed by atoms with Gasteiger partial charge in [0.2, 0.25) is 0 Å². The molecule has 2 heterocycles. The van der Waals surface area contributed by atoms with E-state index in [0.717, 1.165) is 32.0 Å². The van der Waals surface area contributed by atoms with Crippen LogP contribution in [-0.4, -0.2) is 59.1 Å². The second-order valence-corrected chi connectivity index (χ2v) is 9.10. The van der Waals surface area contributed by atoms with Crippen LogP contribution in [0.4, 0.5) is 10.5 Å². The quantitative estimate of drug-likeness (QED) is 0.716. The van der Waals surface area contributed by atoms with Gasteiger partial charge >= 0.3 is 6.03 Å². The minimum Gasteiger partial charge on any atom is -0.324 e. The number of carbonyl (C=O) groups is 1. The topological polar surface area (TPSA) is 35.6 Å². The molecular formula is C19H27Cl2N3OS. The maximum Gasteiger partial charge on any atom is 0.321 e. The lowest BCUT2D eigenvalue weighted by atomic mass is 10.0. The van der Waals surface area contributed by atoms with E-state index in [2.05, 4.69) is 17.1 Å². The third kappa shape index (κ3) is 5.00. The lowest BCUT2D eigenvalue weighted by Gasteiger charge is -2.39. The number of carbonyl (C=O) groups excluding carboxylic acids is 1. The molecule has 2 aliphatic rings. The first-order valence-corrected chi connectivity index (χ1v) is 11.3. The molecule has 1 aromatic rings. The average molecular weight is 416 g/mol. The summed E-state index contributed by atoms with van der Waals surface area (Å²) >= 11 is 14.0. The number of anilines is 1. The summed E-state index contributed by atoms with van der Waals surface area (Å²) in [6.07, 6.45) is 4.75. The second kappa shape index (κ2) is 9.54. The van der Waals surface area contributed by atoms with Gasteiger partial charge in [-0.25, -0.2) is 4.79 Å². The molecule has 0 aliphatic carbocycles. The van der Waals surface area contributed by atoms with Crippen LogP contribution in [0.25, 0.3) is 0 Å². The first-order valence-electron chi connectivity index (χ1n) is 9.43. The van der Waals surface area contributed by atoms with E-state index in [-0.39, 0.29) is 6.03 Å². The Morgan fingerprint density at radius 2 is 1.96 bits per heavy atom. The molecule has 0 spiro atoms. The van der Waals surface area contributed by atoms with Gasteiger partial charge in [-0.2, -0.15) is 11.8 Å². The first kappa shape index (κ1) is 20.1. The second-order valence-electron chi connectivity index (χ2n) is 6.97. The van der Waals surface area contributed by atoms with Crippen molar-refractivity contribution >= 4 is 46.7 Å². The molecule has 144 valence electrons. The van der Waals surface area contributed by atoms with E-state index >= 15 is 0 Å². The van der Waals surface area contributed by atoms with Crippen molar-refractivity contribution in [3.05, 3.63) is 28.2 Å². The lowest BCUT2D eigenvalue weighted by molar-refractivity contribution is 0.118. The fourth-order valence-corrected chi connectivity index (χ4v) is 5.11. The molecule has 1 atom stereocenters. The summed E-state index contributed by atoms with van der Waals surface area (Å²) in [5, 5.41) is 3.87. The van der Waals surface area contributed by atoms with Crippen molar-refractivity contribution in [3.63, 3.8) is 0 Å². The Hall–Kier alpha value is -0.620. The standard InChI is InChI=1S/C19H27Cl2N3OS/c1-2-26-13-16-4-3-9-24(16)15-7-10-23(11-8-15)19(25)22-14-5-6-17(20)18(21)12-14/h5-6,12,15-16H,2-4,7-11,13H2,1H3,(H,22,25)/t16-/m1/s1. The van der Waals surface area contributed by atoms with Gasteiger partial charge in [-0.15, -0.1) is 0 Å². The maximum atomic E-state index is 12.5. The summed E-state index contributed by atoms with van der Waals surface area (Å²) in [4.78, 5) is 17.1. The summed E-state index contributed by atoms with van der Waals surface area (Å²) in [6.45, 7) is 5.06. The number of urea groups is 1. The molecule has 2 aliphatic heterocycles. The molecule has 0 saturated carbocycles. The fraction of sp³-hybridized carbons (Fsp3) is 0.632. The van der Waals surface area contributed by atoms with Crippen LogP contribution in [0.3, 0.4) is 0 Å². The Morgan fingerprint density at radius 1 is 1.19 bits per heavy atom. The summed E-state index contributed by atoms with van der Waals surface area (Å²) in [6, 6.07) is 6.46. The van der Waals surface area contributed by atoms with Gasteiger partial charge in [0.15, 0.2) is 0 Å². The molecule has 7 heteroatoms. The minimum atomic E-state index is -0.0543. The van der Waals surface area contributed by atoms with Crippen LogP contribution in [0.2, 0.25) is 10.0 Å². The Kier molecular flexibility index (Phi) is 7.38. The summed E-state index contributed by atoms with van der Waals surface area (Å²) < 4.78 is 0. The van der Waals surface area contributed by atoms with Crippen LogP contribution in [0.5, 0.6) is 0 Å². The van der Waals surface area contributed by atoms with Crippen LogP contribution in [-0.2, 0) is 0 Å². The smallest absolute Gasteiger partial charge is 0.321 e. The highest BCUT2D eigenvalue weighted by Crippen LogP contribution is 2.29. The molecule has 0 radical (unpaired) electrons. The third-order valence-electron chi connectivity index (χ3n) is 5.33. The molecule has 0 bridgehead atoms. The Bertz CT molecular complexity index is 623. The van der Waals surface area contributed by atoms with Crippen molar-refractivity contribution < 1.29 is 4.79 Å². The van der Waals surface area contributed by atoms with Gasteiger partial charge in [-0.05, 0) is 56.2 Å². The highest BCUT2D eigenvalue weighted by Gasteiger charge is 2.33. The zero-order chi connectivity index (χ0) is 18.5. The molecule has 0 unspecified atom stereocenters. The van der Waals surface area contributed by atoms with Crippen molar-refractivity contribution in [2.45, 2.75) is 44.7 Å². The van der Waals surface area contributed by atoms with Crippen molar-refractivity contribution in [1.82, 2.24) is 9.80 Å². The summed E-state index contributed by atoms with van der Waals surface area (Å²) in [5.41, 5.74) is 0.683. The van der Waals surface area contributed by atoms with E-state index in [1.165, 1.54) is 30.9 Å². The van der Waals surface area contributed by atoms with Crippen molar-refractivity contribution in [1.29, 1.82) is 0 Å². The molecular weight excluding hydrogens is 389 g/mol. The average Bonchev–Trinajstić information content (AvgIpc) is 3.11. The Labute approximate surface area is 170 Å². The molecule has 2 amide bonds. The van der Waals surface area contributed by atoms with Gasteiger partial charge < -0.3 is 10.2 Å².